The summed E-state index contributed by atoms with van der Waals surface area (Å²) < 4.78 is 5.73. The SMILES string of the molecule is CCCCCOc1ccccc1C(=O)NC(=S)Nc1cc(C)ccc1O. The molecule has 0 fully saturated rings. The summed E-state index contributed by atoms with van der Waals surface area (Å²) in [4.78, 5) is 12.5. The molecule has 1 amide bonds. The Hall–Kier alpha value is -2.60. The molecule has 3 N–H and O–H groups in total. The number of nitrogens with one attached hydrogen (secondary N) is 2. The smallest absolute Gasteiger partial charge is 0.261 e. The number of ether oxygens (including phenoxy) is 1. The van der Waals surface area contributed by atoms with Crippen LogP contribution in [0.15, 0.2) is 42.5 Å². The number of benzene rings is 2. The number of anilines is 1. The Morgan fingerprint density at radius 1 is 1.19 bits per heavy atom. The van der Waals surface area contributed by atoms with Gasteiger partial charge in [-0.05, 0) is 55.4 Å². The van der Waals surface area contributed by atoms with E-state index in [1.54, 1.807) is 36.4 Å². The van der Waals surface area contributed by atoms with Crippen LogP contribution < -0.4 is 15.4 Å². The van der Waals surface area contributed by atoms with Crippen molar-refractivity contribution in [3.8, 4) is 11.5 Å². The van der Waals surface area contributed by atoms with Crippen molar-refractivity contribution in [2.45, 2.75) is 33.1 Å². The first kappa shape index (κ1) is 19.7. The zero-order valence-corrected chi connectivity index (χ0v) is 15.9. The zero-order chi connectivity index (χ0) is 18.9. The second-order valence-corrected chi connectivity index (χ2v) is 6.39. The molecule has 2 aromatic carbocycles. The molecule has 0 aliphatic carbocycles. The van der Waals surface area contributed by atoms with Crippen molar-refractivity contribution in [3.63, 3.8) is 0 Å². The van der Waals surface area contributed by atoms with E-state index in [0.29, 0.717) is 23.6 Å². The molecule has 0 aromatic heterocycles. The second kappa shape index (κ2) is 9.77. The lowest BCUT2D eigenvalue weighted by molar-refractivity contribution is 0.0973. The number of carbonyl (C=O) groups is 1. The van der Waals surface area contributed by atoms with Crippen LogP contribution in [0, 0.1) is 6.92 Å². The number of para-hydroxylation sites is 1. The summed E-state index contributed by atoms with van der Waals surface area (Å²) in [6.07, 6.45) is 3.14. The molecule has 0 saturated heterocycles. The summed E-state index contributed by atoms with van der Waals surface area (Å²) in [5.41, 5.74) is 1.83. The highest BCUT2D eigenvalue weighted by Crippen LogP contribution is 2.24. The van der Waals surface area contributed by atoms with Gasteiger partial charge in [0.2, 0.25) is 0 Å². The number of carbonyl (C=O) groups excluding carboxylic acids is 1. The van der Waals surface area contributed by atoms with E-state index < -0.39 is 0 Å². The molecule has 0 unspecified atom stereocenters. The van der Waals surface area contributed by atoms with Gasteiger partial charge < -0.3 is 15.2 Å². The van der Waals surface area contributed by atoms with E-state index in [1.165, 1.54) is 0 Å². The number of thiocarbonyl (C=S) groups is 1. The maximum atomic E-state index is 12.5. The van der Waals surface area contributed by atoms with Gasteiger partial charge >= 0.3 is 0 Å². The average molecular weight is 372 g/mol. The number of aryl methyl sites for hydroxylation is 1. The fourth-order valence-corrected chi connectivity index (χ4v) is 2.59. The van der Waals surface area contributed by atoms with Gasteiger partial charge in [0, 0.05) is 0 Å². The van der Waals surface area contributed by atoms with Crippen molar-refractivity contribution >= 4 is 28.9 Å². The highest BCUT2D eigenvalue weighted by Gasteiger charge is 2.14. The first-order chi connectivity index (χ1) is 12.5. The lowest BCUT2D eigenvalue weighted by Gasteiger charge is -2.14. The number of phenolic OH excluding ortho intramolecular Hbond substituents is 1. The molecule has 0 heterocycles. The third-order valence-corrected chi connectivity index (χ3v) is 3.97. The van der Waals surface area contributed by atoms with E-state index in [0.717, 1.165) is 24.8 Å². The summed E-state index contributed by atoms with van der Waals surface area (Å²) in [7, 11) is 0. The fraction of sp³-hybridized carbons (Fsp3) is 0.300. The maximum Gasteiger partial charge on any atom is 0.261 e. The van der Waals surface area contributed by atoms with E-state index in [9.17, 15) is 9.90 Å². The molecule has 0 aliphatic rings. The third-order valence-electron chi connectivity index (χ3n) is 3.76. The predicted octanol–water partition coefficient (Wildman–Crippen LogP) is 4.40. The van der Waals surface area contributed by atoms with E-state index in [4.69, 9.17) is 17.0 Å². The molecular weight excluding hydrogens is 348 g/mol. The third kappa shape index (κ3) is 5.74. The monoisotopic (exact) mass is 372 g/mol. The van der Waals surface area contributed by atoms with Gasteiger partial charge in [-0.3, -0.25) is 10.1 Å². The molecule has 0 saturated carbocycles. The van der Waals surface area contributed by atoms with Gasteiger partial charge in [-0.2, -0.15) is 0 Å². The van der Waals surface area contributed by atoms with Crippen molar-refractivity contribution in [2.24, 2.45) is 0 Å². The standard InChI is InChI=1S/C20H24N2O3S/c1-3-4-7-12-25-18-9-6-5-8-15(18)19(24)22-20(26)21-16-13-14(2)10-11-17(16)23/h5-6,8-11,13,23H,3-4,7,12H2,1-2H3,(H2,21,22,24,26). The van der Waals surface area contributed by atoms with Crippen LogP contribution in [0.2, 0.25) is 0 Å². The van der Waals surface area contributed by atoms with Gasteiger partial charge in [0.1, 0.15) is 11.5 Å². The number of hydrogen-bond donors (Lipinski definition) is 3. The lowest BCUT2D eigenvalue weighted by Crippen LogP contribution is -2.34. The van der Waals surface area contributed by atoms with Crippen LogP contribution >= 0.6 is 12.2 Å². The quantitative estimate of drug-likeness (QED) is 0.382. The van der Waals surface area contributed by atoms with Crippen molar-refractivity contribution in [2.75, 3.05) is 11.9 Å². The first-order valence-corrected chi connectivity index (χ1v) is 9.06. The summed E-state index contributed by atoms with van der Waals surface area (Å²) in [5, 5.41) is 15.4. The number of hydrogen-bond acceptors (Lipinski definition) is 4. The number of aromatic hydroxyl groups is 1. The topological polar surface area (TPSA) is 70.6 Å². The number of amides is 1. The lowest BCUT2D eigenvalue weighted by atomic mass is 10.2. The minimum Gasteiger partial charge on any atom is -0.506 e. The first-order valence-electron chi connectivity index (χ1n) is 8.65. The van der Waals surface area contributed by atoms with Crippen LogP contribution in [-0.4, -0.2) is 22.7 Å². The largest absolute Gasteiger partial charge is 0.506 e. The molecule has 0 aliphatic heterocycles. The highest BCUT2D eigenvalue weighted by molar-refractivity contribution is 7.80. The van der Waals surface area contributed by atoms with Crippen LogP contribution in [0.25, 0.3) is 0 Å². The number of phenols is 1. The Balaban J connectivity index is 2.00. The molecule has 26 heavy (non-hydrogen) atoms. The molecule has 0 bridgehead atoms. The Bertz CT molecular complexity index is 777. The van der Waals surface area contributed by atoms with Gasteiger partial charge in [-0.15, -0.1) is 0 Å². The molecule has 0 radical (unpaired) electrons. The van der Waals surface area contributed by atoms with Crippen LogP contribution in [-0.2, 0) is 0 Å². The zero-order valence-electron chi connectivity index (χ0n) is 15.0. The highest BCUT2D eigenvalue weighted by atomic mass is 32.1. The maximum absolute atomic E-state index is 12.5. The van der Waals surface area contributed by atoms with Crippen LogP contribution in [0.3, 0.4) is 0 Å². The van der Waals surface area contributed by atoms with E-state index in [-0.39, 0.29) is 16.8 Å². The van der Waals surface area contributed by atoms with E-state index >= 15 is 0 Å². The van der Waals surface area contributed by atoms with Gasteiger partial charge in [-0.25, -0.2) is 0 Å². The summed E-state index contributed by atoms with van der Waals surface area (Å²) in [6, 6.07) is 12.2. The van der Waals surface area contributed by atoms with Crippen LogP contribution in [0.5, 0.6) is 11.5 Å². The predicted molar refractivity (Wildman–Crippen MR) is 108 cm³/mol. The Kier molecular flexibility index (Phi) is 7.41. The molecular formula is C20H24N2O3S. The van der Waals surface area contributed by atoms with Gasteiger partial charge in [0.15, 0.2) is 5.11 Å². The van der Waals surface area contributed by atoms with Crippen LogP contribution in [0.1, 0.15) is 42.1 Å². The molecule has 0 atom stereocenters. The van der Waals surface area contributed by atoms with Crippen molar-refractivity contribution in [1.82, 2.24) is 5.32 Å². The molecule has 0 spiro atoms. The summed E-state index contributed by atoms with van der Waals surface area (Å²) in [5.74, 6) is 0.231. The minimum atomic E-state index is -0.360. The van der Waals surface area contributed by atoms with Gasteiger partial charge in [0.05, 0.1) is 17.9 Å². The van der Waals surface area contributed by atoms with E-state index in [2.05, 4.69) is 17.6 Å². The van der Waals surface area contributed by atoms with Crippen molar-refractivity contribution in [1.29, 1.82) is 0 Å². The Morgan fingerprint density at radius 3 is 2.73 bits per heavy atom. The average Bonchev–Trinajstić information content (AvgIpc) is 2.62. The minimum absolute atomic E-state index is 0.0619. The van der Waals surface area contributed by atoms with Crippen LogP contribution in [0.4, 0.5) is 5.69 Å². The number of unbranched alkanes of at least 4 members (excludes halogenated alkanes) is 2. The normalized spacial score (nSPS) is 10.2. The molecule has 5 nitrogen and oxygen atoms in total. The number of rotatable bonds is 7. The molecule has 2 aromatic rings. The van der Waals surface area contributed by atoms with Gasteiger partial charge in [0.25, 0.3) is 5.91 Å². The van der Waals surface area contributed by atoms with E-state index in [1.807, 2.05) is 13.0 Å². The Labute approximate surface area is 159 Å². The van der Waals surface area contributed by atoms with Gasteiger partial charge in [-0.1, -0.05) is 38.0 Å². The van der Waals surface area contributed by atoms with Crippen molar-refractivity contribution < 1.29 is 14.6 Å². The molecule has 138 valence electrons. The van der Waals surface area contributed by atoms with Crippen molar-refractivity contribution in [3.05, 3.63) is 53.6 Å². The second-order valence-electron chi connectivity index (χ2n) is 5.98. The Morgan fingerprint density at radius 2 is 1.96 bits per heavy atom. The summed E-state index contributed by atoms with van der Waals surface area (Å²) in [6.45, 7) is 4.59. The summed E-state index contributed by atoms with van der Waals surface area (Å²) >= 11 is 5.19. The fourth-order valence-electron chi connectivity index (χ4n) is 2.39. The molecule has 6 heteroatoms. The molecule has 2 rings (SSSR count).